The Balaban J connectivity index is 4.45. The number of amides is 1. The highest BCUT2D eigenvalue weighted by atomic mass is 16.6. The number of hydrogen-bond acceptors (Lipinski definition) is 3. The van der Waals surface area contributed by atoms with Crippen molar-refractivity contribution in [3.8, 4) is 0 Å². The van der Waals surface area contributed by atoms with Crippen LogP contribution in [0.15, 0.2) is 12.7 Å². The van der Waals surface area contributed by atoms with Gasteiger partial charge in [-0.3, -0.25) is 0 Å². The van der Waals surface area contributed by atoms with Crippen LogP contribution in [0.5, 0.6) is 0 Å². The topological polar surface area (TPSA) is 58.6 Å². The Hall–Kier alpha value is -1.03. The fraction of sp³-hybridized carbons (Fsp3) is 0.769. The van der Waals surface area contributed by atoms with Gasteiger partial charge in [-0.15, -0.1) is 6.58 Å². The molecule has 0 saturated carbocycles. The number of nitrogens with one attached hydrogen (secondary N) is 1. The molecule has 0 spiro atoms. The molecular formula is C13H25NO3. The second-order valence-corrected chi connectivity index (χ2v) is 5.51. The summed E-state index contributed by atoms with van der Waals surface area (Å²) < 4.78 is 5.16. The lowest BCUT2D eigenvalue weighted by Gasteiger charge is -2.28. The van der Waals surface area contributed by atoms with Gasteiger partial charge in [0, 0.05) is 0 Å². The lowest BCUT2D eigenvalue weighted by molar-refractivity contribution is 0.0379. The summed E-state index contributed by atoms with van der Waals surface area (Å²) in [7, 11) is 0. The van der Waals surface area contributed by atoms with Crippen molar-refractivity contribution in [1.29, 1.82) is 0 Å². The first-order valence-electron chi connectivity index (χ1n) is 5.96. The van der Waals surface area contributed by atoms with E-state index in [1.54, 1.807) is 26.8 Å². The molecule has 2 N–H and O–H groups in total. The second kappa shape index (κ2) is 6.64. The van der Waals surface area contributed by atoms with Crippen LogP contribution in [0.2, 0.25) is 0 Å². The van der Waals surface area contributed by atoms with Crippen LogP contribution in [0, 0.1) is 5.92 Å². The van der Waals surface area contributed by atoms with Crippen LogP contribution in [-0.4, -0.2) is 28.9 Å². The minimum absolute atomic E-state index is 0.123. The molecule has 0 heterocycles. The van der Waals surface area contributed by atoms with Crippen molar-refractivity contribution in [1.82, 2.24) is 5.32 Å². The van der Waals surface area contributed by atoms with E-state index in [0.717, 1.165) is 0 Å². The number of rotatable bonds is 5. The Morgan fingerprint density at radius 3 is 2.35 bits per heavy atom. The fourth-order valence-electron chi connectivity index (χ4n) is 1.47. The maximum Gasteiger partial charge on any atom is 0.407 e. The smallest absolute Gasteiger partial charge is 0.407 e. The predicted octanol–water partition coefficient (Wildman–Crippen LogP) is 2.47. The lowest BCUT2D eigenvalue weighted by atomic mass is 9.96. The van der Waals surface area contributed by atoms with Gasteiger partial charge in [-0.05, 0) is 33.1 Å². The summed E-state index contributed by atoms with van der Waals surface area (Å²) in [6.45, 7) is 12.9. The summed E-state index contributed by atoms with van der Waals surface area (Å²) in [4.78, 5) is 11.6. The summed E-state index contributed by atoms with van der Waals surface area (Å²) in [5, 5.41) is 12.6. The van der Waals surface area contributed by atoms with E-state index in [2.05, 4.69) is 11.9 Å². The zero-order valence-corrected chi connectivity index (χ0v) is 11.5. The molecule has 0 aliphatic heterocycles. The minimum Gasteiger partial charge on any atom is -0.444 e. The van der Waals surface area contributed by atoms with Gasteiger partial charge in [0.2, 0.25) is 0 Å². The van der Waals surface area contributed by atoms with Crippen LogP contribution in [0.25, 0.3) is 0 Å². The van der Waals surface area contributed by atoms with Gasteiger partial charge < -0.3 is 15.2 Å². The SMILES string of the molecule is C=CC[C@@H](O)[C@@H](NC(=O)OC(C)(C)C)C(C)C. The van der Waals surface area contributed by atoms with Gasteiger partial charge in [0.25, 0.3) is 0 Å². The minimum atomic E-state index is -0.639. The molecule has 0 saturated heterocycles. The average molecular weight is 243 g/mol. The number of hydrogen-bond donors (Lipinski definition) is 2. The Bertz CT molecular complexity index is 256. The summed E-state index contributed by atoms with van der Waals surface area (Å²) in [6.07, 6.45) is 0.939. The normalized spacial score (nSPS) is 15.2. The van der Waals surface area contributed by atoms with E-state index in [1.807, 2.05) is 13.8 Å². The van der Waals surface area contributed by atoms with Gasteiger partial charge in [-0.2, -0.15) is 0 Å². The van der Waals surface area contributed by atoms with E-state index in [9.17, 15) is 9.90 Å². The highest BCUT2D eigenvalue weighted by molar-refractivity contribution is 5.68. The molecule has 0 bridgehead atoms. The second-order valence-electron chi connectivity index (χ2n) is 5.51. The predicted molar refractivity (Wildman–Crippen MR) is 68.8 cm³/mol. The first kappa shape index (κ1) is 16.0. The van der Waals surface area contributed by atoms with Crippen LogP contribution in [0.4, 0.5) is 4.79 Å². The molecule has 0 radical (unpaired) electrons. The molecular weight excluding hydrogens is 218 g/mol. The highest BCUT2D eigenvalue weighted by Gasteiger charge is 2.26. The maximum absolute atomic E-state index is 11.6. The van der Waals surface area contributed by atoms with Crippen molar-refractivity contribution in [2.75, 3.05) is 0 Å². The van der Waals surface area contributed by atoms with Crippen molar-refractivity contribution in [3.63, 3.8) is 0 Å². The van der Waals surface area contributed by atoms with Crippen LogP contribution in [0.1, 0.15) is 41.0 Å². The summed E-state index contributed by atoms with van der Waals surface area (Å²) in [5.41, 5.74) is -0.533. The largest absolute Gasteiger partial charge is 0.444 e. The van der Waals surface area contributed by atoms with Crippen LogP contribution in [0.3, 0.4) is 0 Å². The molecule has 0 fully saturated rings. The Morgan fingerprint density at radius 1 is 1.47 bits per heavy atom. The quantitative estimate of drug-likeness (QED) is 0.729. The molecule has 4 nitrogen and oxygen atoms in total. The van der Waals surface area contributed by atoms with Gasteiger partial charge >= 0.3 is 6.09 Å². The molecule has 0 aromatic rings. The number of aliphatic hydroxyl groups excluding tert-OH is 1. The van der Waals surface area contributed by atoms with Crippen LogP contribution < -0.4 is 5.32 Å². The third-order valence-corrected chi connectivity index (χ3v) is 2.22. The summed E-state index contributed by atoms with van der Waals surface area (Å²) >= 11 is 0. The third-order valence-electron chi connectivity index (χ3n) is 2.22. The first-order valence-corrected chi connectivity index (χ1v) is 5.96. The number of alkyl carbamates (subject to hydrolysis) is 1. The molecule has 0 aromatic carbocycles. The molecule has 2 atom stereocenters. The average Bonchev–Trinajstić information content (AvgIpc) is 2.11. The molecule has 1 amide bonds. The van der Waals surface area contributed by atoms with E-state index in [-0.39, 0.29) is 12.0 Å². The highest BCUT2D eigenvalue weighted by Crippen LogP contribution is 2.12. The lowest BCUT2D eigenvalue weighted by Crippen LogP contribution is -2.48. The van der Waals surface area contributed by atoms with E-state index in [0.29, 0.717) is 6.42 Å². The first-order chi connectivity index (χ1) is 7.67. The molecule has 0 aliphatic carbocycles. The van der Waals surface area contributed by atoms with Gasteiger partial charge in [0.05, 0.1) is 12.1 Å². The molecule has 0 aliphatic rings. The van der Waals surface area contributed by atoms with Crippen molar-refractivity contribution in [3.05, 3.63) is 12.7 Å². The van der Waals surface area contributed by atoms with E-state index < -0.39 is 17.8 Å². The number of aliphatic hydroxyl groups is 1. The fourth-order valence-corrected chi connectivity index (χ4v) is 1.47. The summed E-state index contributed by atoms with van der Waals surface area (Å²) in [5.74, 6) is 0.123. The Kier molecular flexibility index (Phi) is 6.24. The molecule has 17 heavy (non-hydrogen) atoms. The monoisotopic (exact) mass is 243 g/mol. The molecule has 0 rings (SSSR count). The summed E-state index contributed by atoms with van der Waals surface area (Å²) in [6, 6.07) is -0.331. The standard InChI is InChI=1S/C13H25NO3/c1-7-8-10(15)11(9(2)3)14-12(16)17-13(4,5)6/h7,9-11,15H,1,8H2,2-6H3,(H,14,16)/t10-,11+/m1/s1. The van der Waals surface area contributed by atoms with E-state index in [4.69, 9.17) is 4.74 Å². The van der Waals surface area contributed by atoms with E-state index >= 15 is 0 Å². The molecule has 100 valence electrons. The van der Waals surface area contributed by atoms with Gasteiger partial charge in [0.1, 0.15) is 5.60 Å². The number of ether oxygens (including phenoxy) is 1. The van der Waals surface area contributed by atoms with E-state index in [1.165, 1.54) is 0 Å². The van der Waals surface area contributed by atoms with Gasteiger partial charge in [0.15, 0.2) is 0 Å². The zero-order valence-electron chi connectivity index (χ0n) is 11.5. The van der Waals surface area contributed by atoms with Crippen molar-refractivity contribution in [2.45, 2.75) is 58.8 Å². The number of carbonyl (C=O) groups excluding carboxylic acids is 1. The molecule has 4 heteroatoms. The Labute approximate surface area is 104 Å². The van der Waals surface area contributed by atoms with Crippen molar-refractivity contribution in [2.24, 2.45) is 5.92 Å². The van der Waals surface area contributed by atoms with Crippen molar-refractivity contribution >= 4 is 6.09 Å². The van der Waals surface area contributed by atoms with Gasteiger partial charge in [-0.25, -0.2) is 4.79 Å². The third kappa shape index (κ3) is 7.00. The Morgan fingerprint density at radius 2 is 2.00 bits per heavy atom. The molecule has 0 unspecified atom stereocenters. The van der Waals surface area contributed by atoms with Crippen molar-refractivity contribution < 1.29 is 14.6 Å². The number of carbonyl (C=O) groups is 1. The van der Waals surface area contributed by atoms with Crippen LogP contribution >= 0.6 is 0 Å². The van der Waals surface area contributed by atoms with Crippen LogP contribution in [-0.2, 0) is 4.74 Å². The molecule has 0 aromatic heterocycles. The zero-order chi connectivity index (χ0) is 13.6. The van der Waals surface area contributed by atoms with Gasteiger partial charge in [-0.1, -0.05) is 19.9 Å². The maximum atomic E-state index is 11.6.